The standard InChI is InChI=1S/C16H16FNO2S/c1-10(19)14-4-3-5-15(17)16(14)21-13-8-6-12(7-9-13)18-11(2)20/h3-10,19H,1-2H3,(H,18,20)/t10-/m1/s1. The molecule has 0 unspecified atom stereocenters. The maximum atomic E-state index is 14.0. The lowest BCUT2D eigenvalue weighted by molar-refractivity contribution is -0.114. The quantitative estimate of drug-likeness (QED) is 0.898. The second-order valence-corrected chi connectivity index (χ2v) is 5.73. The monoisotopic (exact) mass is 305 g/mol. The van der Waals surface area contributed by atoms with Gasteiger partial charge in [0.2, 0.25) is 5.91 Å². The number of aliphatic hydroxyl groups excluding tert-OH is 1. The third-order valence-corrected chi connectivity index (χ3v) is 3.98. The van der Waals surface area contributed by atoms with Crippen LogP contribution in [0.2, 0.25) is 0 Å². The minimum absolute atomic E-state index is 0.138. The topological polar surface area (TPSA) is 49.3 Å². The average Bonchev–Trinajstić information content (AvgIpc) is 2.42. The molecule has 2 aromatic carbocycles. The number of carbonyl (C=O) groups excluding carboxylic acids is 1. The lowest BCUT2D eigenvalue weighted by atomic mass is 10.1. The number of amides is 1. The lowest BCUT2D eigenvalue weighted by Gasteiger charge is -2.12. The Hall–Kier alpha value is -1.85. The predicted octanol–water partition coefficient (Wildman–Crippen LogP) is 3.99. The number of nitrogens with one attached hydrogen (secondary N) is 1. The van der Waals surface area contributed by atoms with Gasteiger partial charge in [0.25, 0.3) is 0 Å². The van der Waals surface area contributed by atoms with Crippen LogP contribution in [0.5, 0.6) is 0 Å². The van der Waals surface area contributed by atoms with Crippen LogP contribution in [0.3, 0.4) is 0 Å². The minimum Gasteiger partial charge on any atom is -0.389 e. The Morgan fingerprint density at radius 2 is 1.90 bits per heavy atom. The van der Waals surface area contributed by atoms with Gasteiger partial charge in [-0.25, -0.2) is 4.39 Å². The Labute approximate surface area is 127 Å². The summed E-state index contributed by atoms with van der Waals surface area (Å²) in [7, 11) is 0. The van der Waals surface area contributed by atoms with Crippen LogP contribution in [0.25, 0.3) is 0 Å². The van der Waals surface area contributed by atoms with Crippen LogP contribution in [0.15, 0.2) is 52.3 Å². The Balaban J connectivity index is 2.24. The van der Waals surface area contributed by atoms with Crippen LogP contribution >= 0.6 is 11.8 Å². The van der Waals surface area contributed by atoms with E-state index in [0.717, 1.165) is 4.90 Å². The number of rotatable bonds is 4. The van der Waals surface area contributed by atoms with Gasteiger partial charge in [-0.2, -0.15) is 0 Å². The van der Waals surface area contributed by atoms with Gasteiger partial charge in [0, 0.05) is 17.5 Å². The highest BCUT2D eigenvalue weighted by atomic mass is 32.2. The molecule has 0 radical (unpaired) electrons. The SMILES string of the molecule is CC(=O)Nc1ccc(Sc2c(F)cccc2[C@@H](C)O)cc1. The van der Waals surface area contributed by atoms with Crippen LogP contribution in [0.1, 0.15) is 25.5 Å². The van der Waals surface area contributed by atoms with E-state index >= 15 is 0 Å². The smallest absolute Gasteiger partial charge is 0.221 e. The maximum Gasteiger partial charge on any atom is 0.221 e. The molecule has 2 aromatic rings. The lowest BCUT2D eigenvalue weighted by Crippen LogP contribution is -2.05. The third-order valence-electron chi connectivity index (χ3n) is 2.84. The number of benzene rings is 2. The zero-order valence-corrected chi connectivity index (χ0v) is 12.6. The first-order chi connectivity index (χ1) is 9.97. The molecule has 0 aliphatic rings. The van der Waals surface area contributed by atoms with Crippen molar-refractivity contribution in [3.05, 3.63) is 53.8 Å². The molecule has 5 heteroatoms. The maximum absolute atomic E-state index is 14.0. The summed E-state index contributed by atoms with van der Waals surface area (Å²) in [6.07, 6.45) is -0.734. The molecule has 0 saturated carbocycles. The van der Waals surface area contributed by atoms with Crippen molar-refractivity contribution in [2.45, 2.75) is 29.7 Å². The Morgan fingerprint density at radius 3 is 2.48 bits per heavy atom. The first-order valence-electron chi connectivity index (χ1n) is 6.49. The van der Waals surface area contributed by atoms with Crippen molar-refractivity contribution in [2.24, 2.45) is 0 Å². The molecule has 0 aliphatic carbocycles. The summed E-state index contributed by atoms with van der Waals surface area (Å²) in [5, 5.41) is 12.4. The highest BCUT2D eigenvalue weighted by Crippen LogP contribution is 2.35. The molecule has 0 fully saturated rings. The fourth-order valence-corrected chi connectivity index (χ4v) is 2.92. The van der Waals surface area contributed by atoms with Crippen LogP contribution in [-0.2, 0) is 4.79 Å². The van der Waals surface area contributed by atoms with E-state index in [-0.39, 0.29) is 11.7 Å². The van der Waals surface area contributed by atoms with Crippen molar-refractivity contribution < 1.29 is 14.3 Å². The highest BCUT2D eigenvalue weighted by molar-refractivity contribution is 7.99. The van der Waals surface area contributed by atoms with Crippen LogP contribution in [0, 0.1) is 5.82 Å². The Kier molecular flexibility index (Phi) is 4.98. The number of carbonyl (C=O) groups is 1. The summed E-state index contributed by atoms with van der Waals surface area (Å²) < 4.78 is 14.0. The molecule has 0 saturated heterocycles. The number of hydrogen-bond donors (Lipinski definition) is 2. The van der Waals surface area contributed by atoms with E-state index in [9.17, 15) is 14.3 Å². The molecule has 1 amide bonds. The number of hydrogen-bond acceptors (Lipinski definition) is 3. The van der Waals surface area contributed by atoms with Crippen molar-refractivity contribution in [1.82, 2.24) is 0 Å². The summed E-state index contributed by atoms with van der Waals surface area (Å²) in [5.74, 6) is -0.495. The zero-order valence-electron chi connectivity index (χ0n) is 11.8. The summed E-state index contributed by atoms with van der Waals surface area (Å²) in [5.41, 5.74) is 1.25. The minimum atomic E-state index is -0.734. The molecule has 21 heavy (non-hydrogen) atoms. The first-order valence-corrected chi connectivity index (χ1v) is 7.31. The van der Waals surface area contributed by atoms with Gasteiger partial charge >= 0.3 is 0 Å². The van der Waals surface area contributed by atoms with Crippen molar-refractivity contribution in [1.29, 1.82) is 0 Å². The summed E-state index contributed by atoms with van der Waals surface area (Å²) in [4.78, 5) is 12.2. The second-order valence-electron chi connectivity index (χ2n) is 4.64. The molecule has 0 bridgehead atoms. The van der Waals surface area contributed by atoms with Crippen molar-refractivity contribution in [3.8, 4) is 0 Å². The number of anilines is 1. The van der Waals surface area contributed by atoms with Gasteiger partial charge in [-0.1, -0.05) is 23.9 Å². The first kappa shape index (κ1) is 15.5. The van der Waals surface area contributed by atoms with E-state index in [2.05, 4.69) is 5.32 Å². The molecule has 2 N–H and O–H groups in total. The third kappa shape index (κ3) is 4.06. The zero-order chi connectivity index (χ0) is 15.4. The van der Waals surface area contributed by atoms with Gasteiger partial charge in [-0.05, 0) is 42.8 Å². The summed E-state index contributed by atoms with van der Waals surface area (Å²) in [6, 6.07) is 11.8. The van der Waals surface area contributed by atoms with Crippen molar-refractivity contribution in [2.75, 3.05) is 5.32 Å². The molecule has 0 aromatic heterocycles. The molecule has 1 atom stereocenters. The Morgan fingerprint density at radius 1 is 1.24 bits per heavy atom. The van der Waals surface area contributed by atoms with Gasteiger partial charge in [0.1, 0.15) is 5.82 Å². The van der Waals surface area contributed by atoms with Gasteiger partial charge in [0.15, 0.2) is 0 Å². The number of aliphatic hydroxyl groups is 1. The number of halogens is 1. The molecule has 110 valence electrons. The van der Waals surface area contributed by atoms with Gasteiger partial charge < -0.3 is 10.4 Å². The van der Waals surface area contributed by atoms with Crippen molar-refractivity contribution in [3.63, 3.8) is 0 Å². The van der Waals surface area contributed by atoms with Crippen LogP contribution < -0.4 is 5.32 Å². The fraction of sp³-hybridized carbons (Fsp3) is 0.188. The van der Waals surface area contributed by atoms with E-state index in [4.69, 9.17) is 0 Å². The van der Waals surface area contributed by atoms with Crippen LogP contribution in [0.4, 0.5) is 10.1 Å². The highest BCUT2D eigenvalue weighted by Gasteiger charge is 2.13. The van der Waals surface area contributed by atoms with E-state index in [1.807, 2.05) is 0 Å². The van der Waals surface area contributed by atoms with Gasteiger partial charge in [-0.3, -0.25) is 4.79 Å². The largest absolute Gasteiger partial charge is 0.389 e. The van der Waals surface area contributed by atoms with Crippen molar-refractivity contribution >= 4 is 23.4 Å². The second kappa shape index (κ2) is 6.74. The molecular weight excluding hydrogens is 289 g/mol. The Bertz CT molecular complexity index is 641. The average molecular weight is 305 g/mol. The van der Waals surface area contributed by atoms with E-state index in [1.54, 1.807) is 43.3 Å². The predicted molar refractivity (Wildman–Crippen MR) is 81.9 cm³/mol. The van der Waals surface area contributed by atoms with E-state index in [0.29, 0.717) is 16.1 Å². The molecule has 0 heterocycles. The molecule has 3 nitrogen and oxygen atoms in total. The summed E-state index contributed by atoms with van der Waals surface area (Å²) >= 11 is 1.25. The molecule has 2 rings (SSSR count). The normalized spacial score (nSPS) is 12.0. The molecule has 0 spiro atoms. The molecular formula is C16H16FNO2S. The fourth-order valence-electron chi connectivity index (χ4n) is 1.89. The van der Waals surface area contributed by atoms with E-state index in [1.165, 1.54) is 24.8 Å². The van der Waals surface area contributed by atoms with Gasteiger partial charge in [0.05, 0.1) is 11.0 Å². The summed E-state index contributed by atoms with van der Waals surface area (Å²) in [6.45, 7) is 3.05. The van der Waals surface area contributed by atoms with Crippen LogP contribution in [-0.4, -0.2) is 11.0 Å². The molecule has 0 aliphatic heterocycles. The van der Waals surface area contributed by atoms with Gasteiger partial charge in [-0.15, -0.1) is 0 Å². The van der Waals surface area contributed by atoms with E-state index < -0.39 is 6.10 Å².